The molecule has 1 amide bonds. The average molecular weight is 413 g/mol. The lowest BCUT2D eigenvalue weighted by molar-refractivity contribution is 0.0998. The van der Waals surface area contributed by atoms with Gasteiger partial charge < -0.3 is 15.5 Å². The number of carbonyl (C=O) groups excluding carboxylic acids is 1. The second-order valence-electron chi connectivity index (χ2n) is 6.92. The fourth-order valence-corrected chi connectivity index (χ4v) is 3.23. The summed E-state index contributed by atoms with van der Waals surface area (Å²) in [5, 5.41) is 13.0. The number of amides is 1. The number of rotatable bonds is 3. The molecule has 1 aromatic carbocycles. The lowest BCUT2D eigenvalue weighted by atomic mass is 9.83. The first kappa shape index (κ1) is 18.0. The summed E-state index contributed by atoms with van der Waals surface area (Å²) < 4.78 is 6.07. The number of nitriles is 1. The highest BCUT2D eigenvalue weighted by molar-refractivity contribution is 9.10. The van der Waals surface area contributed by atoms with E-state index >= 15 is 0 Å². The van der Waals surface area contributed by atoms with Crippen molar-refractivity contribution in [3.8, 4) is 6.07 Å². The molecule has 0 saturated carbocycles. The van der Waals surface area contributed by atoms with Gasteiger partial charge in [-0.05, 0) is 45.1 Å². The zero-order chi connectivity index (χ0) is 19.1. The fraction of sp³-hybridized carbons (Fsp3) is 0.211. The van der Waals surface area contributed by atoms with Crippen LogP contribution in [0.1, 0.15) is 42.5 Å². The van der Waals surface area contributed by atoms with Crippen LogP contribution in [0.5, 0.6) is 0 Å². The Morgan fingerprint density at radius 1 is 1.35 bits per heavy atom. The van der Waals surface area contributed by atoms with Gasteiger partial charge in [-0.3, -0.25) is 4.79 Å². The van der Waals surface area contributed by atoms with Crippen LogP contribution in [-0.2, 0) is 5.41 Å². The molecule has 0 spiro atoms. The molecule has 0 bridgehead atoms. The summed E-state index contributed by atoms with van der Waals surface area (Å²) in [6.45, 7) is 6.06. The van der Waals surface area contributed by atoms with E-state index in [4.69, 9.17) is 15.4 Å². The Hall–Kier alpha value is -2.85. The highest BCUT2D eigenvalue weighted by Crippen LogP contribution is 2.34. The molecular weight excluding hydrogens is 396 g/mol. The van der Waals surface area contributed by atoms with Crippen molar-refractivity contribution in [2.75, 3.05) is 5.32 Å². The molecule has 7 heteroatoms. The number of nitrogens with zero attached hydrogens (tertiary/aromatic N) is 2. The number of fused-ring (bicyclic) bond motifs is 1. The van der Waals surface area contributed by atoms with Crippen LogP contribution in [0.15, 0.2) is 39.4 Å². The van der Waals surface area contributed by atoms with E-state index in [1.165, 1.54) is 0 Å². The Morgan fingerprint density at radius 3 is 2.69 bits per heavy atom. The van der Waals surface area contributed by atoms with Crippen molar-refractivity contribution in [2.45, 2.75) is 26.2 Å². The Kier molecular flexibility index (Phi) is 4.46. The van der Waals surface area contributed by atoms with E-state index in [9.17, 15) is 4.79 Å². The van der Waals surface area contributed by atoms with Crippen molar-refractivity contribution in [3.63, 3.8) is 0 Å². The van der Waals surface area contributed by atoms with Gasteiger partial charge in [0.15, 0.2) is 5.58 Å². The largest absolute Gasteiger partial charge is 0.444 e. The fourth-order valence-electron chi connectivity index (χ4n) is 2.72. The highest BCUT2D eigenvalue weighted by atomic mass is 79.9. The van der Waals surface area contributed by atoms with E-state index in [-0.39, 0.29) is 11.2 Å². The van der Waals surface area contributed by atoms with Crippen LogP contribution >= 0.6 is 15.9 Å². The first-order chi connectivity index (χ1) is 12.2. The van der Waals surface area contributed by atoms with E-state index < -0.39 is 5.91 Å². The third kappa shape index (κ3) is 3.28. The predicted octanol–water partition coefficient (Wildman–Crippen LogP) is 4.60. The van der Waals surface area contributed by atoms with Crippen molar-refractivity contribution in [3.05, 3.63) is 51.8 Å². The minimum atomic E-state index is -0.454. The molecule has 0 atom stereocenters. The van der Waals surface area contributed by atoms with E-state index in [0.717, 1.165) is 16.6 Å². The Morgan fingerprint density at radius 2 is 2.08 bits per heavy atom. The number of primary amides is 1. The lowest BCUT2D eigenvalue weighted by Gasteiger charge is -2.23. The summed E-state index contributed by atoms with van der Waals surface area (Å²) >= 11 is 3.51. The van der Waals surface area contributed by atoms with E-state index in [1.807, 2.05) is 32.9 Å². The predicted molar refractivity (Wildman–Crippen MR) is 103 cm³/mol. The number of nitrogens with one attached hydrogen (secondary N) is 1. The number of pyridine rings is 1. The van der Waals surface area contributed by atoms with Crippen LogP contribution in [0, 0.1) is 11.3 Å². The highest BCUT2D eigenvalue weighted by Gasteiger charge is 2.21. The lowest BCUT2D eigenvalue weighted by Crippen LogP contribution is -2.21. The number of nitrogens with two attached hydrogens (primary N) is 1. The zero-order valence-corrected chi connectivity index (χ0v) is 16.1. The van der Waals surface area contributed by atoms with Crippen molar-refractivity contribution >= 4 is 44.3 Å². The molecule has 0 aliphatic heterocycles. The summed E-state index contributed by atoms with van der Waals surface area (Å²) in [4.78, 5) is 16.1. The topological polar surface area (TPSA) is 105 Å². The van der Waals surface area contributed by atoms with Gasteiger partial charge in [0.2, 0.25) is 11.7 Å². The maximum absolute atomic E-state index is 11.7. The smallest absolute Gasteiger partial charge is 0.248 e. The molecule has 0 radical (unpaired) electrons. The third-order valence-electron chi connectivity index (χ3n) is 3.98. The Labute approximate surface area is 159 Å². The SMILES string of the molecule is CC(C)(C)c1cc(Nc2ncc3oc(C#N)cc3c2Br)ccc1C(N)=O. The van der Waals surface area contributed by atoms with Crippen LogP contribution < -0.4 is 11.1 Å². The minimum Gasteiger partial charge on any atom is -0.444 e. The molecule has 0 aliphatic rings. The van der Waals surface area contributed by atoms with Crippen molar-refractivity contribution in [2.24, 2.45) is 5.73 Å². The van der Waals surface area contributed by atoms with Gasteiger partial charge in [0.25, 0.3) is 0 Å². The molecule has 0 aliphatic carbocycles. The van der Waals surface area contributed by atoms with Gasteiger partial charge in [-0.15, -0.1) is 0 Å². The molecule has 0 fully saturated rings. The molecule has 2 aromatic heterocycles. The molecule has 3 N–H and O–H groups in total. The van der Waals surface area contributed by atoms with E-state index in [2.05, 4.69) is 26.2 Å². The maximum Gasteiger partial charge on any atom is 0.248 e. The zero-order valence-electron chi connectivity index (χ0n) is 14.6. The summed E-state index contributed by atoms with van der Waals surface area (Å²) in [7, 11) is 0. The summed E-state index contributed by atoms with van der Waals surface area (Å²) in [5.74, 6) is 0.347. The van der Waals surface area contributed by atoms with Gasteiger partial charge in [0, 0.05) is 22.7 Å². The van der Waals surface area contributed by atoms with E-state index in [1.54, 1.807) is 24.4 Å². The molecule has 0 saturated heterocycles. The maximum atomic E-state index is 11.7. The van der Waals surface area contributed by atoms with Crippen LogP contribution in [0.4, 0.5) is 11.5 Å². The second-order valence-corrected chi connectivity index (χ2v) is 7.71. The molecule has 2 heterocycles. The first-order valence-corrected chi connectivity index (χ1v) is 8.69. The van der Waals surface area contributed by atoms with Gasteiger partial charge in [0.05, 0.1) is 10.7 Å². The first-order valence-electron chi connectivity index (χ1n) is 7.90. The monoisotopic (exact) mass is 412 g/mol. The third-order valence-corrected chi connectivity index (χ3v) is 4.78. The molecule has 3 aromatic rings. The number of benzene rings is 1. The number of hydrogen-bond donors (Lipinski definition) is 2. The van der Waals surface area contributed by atoms with Crippen LogP contribution in [0.3, 0.4) is 0 Å². The second kappa shape index (κ2) is 6.46. The summed E-state index contributed by atoms with van der Waals surface area (Å²) in [6, 6.07) is 9.02. The van der Waals surface area contributed by atoms with Gasteiger partial charge in [-0.25, -0.2) is 4.98 Å². The molecule has 132 valence electrons. The standard InChI is InChI=1S/C19H17BrN4O2/c1-19(2,3)14-6-10(4-5-12(14)17(22)25)24-18-16(20)13-7-11(8-21)26-15(13)9-23-18/h4-7,9H,1-3H3,(H2,22,25)(H,23,24). The van der Waals surface area contributed by atoms with Crippen LogP contribution in [0.2, 0.25) is 0 Å². The number of halogens is 1. The van der Waals surface area contributed by atoms with Crippen molar-refractivity contribution < 1.29 is 9.21 Å². The van der Waals surface area contributed by atoms with Gasteiger partial charge >= 0.3 is 0 Å². The number of carbonyl (C=O) groups is 1. The normalized spacial score (nSPS) is 11.3. The molecule has 6 nitrogen and oxygen atoms in total. The number of aromatic nitrogens is 1. The van der Waals surface area contributed by atoms with Gasteiger partial charge in [0.1, 0.15) is 11.9 Å². The Bertz CT molecular complexity index is 1060. The number of furan rings is 1. The average Bonchev–Trinajstić information content (AvgIpc) is 3.00. The number of anilines is 2. The minimum absolute atomic E-state index is 0.223. The van der Waals surface area contributed by atoms with Crippen molar-refractivity contribution in [1.29, 1.82) is 5.26 Å². The molecule has 0 unspecified atom stereocenters. The Balaban J connectivity index is 2.04. The van der Waals surface area contributed by atoms with Crippen LogP contribution in [-0.4, -0.2) is 10.9 Å². The molecule has 26 heavy (non-hydrogen) atoms. The summed E-state index contributed by atoms with van der Waals surface area (Å²) in [5.41, 5.74) is 7.90. The molecular formula is C19H17BrN4O2. The van der Waals surface area contributed by atoms with Crippen LogP contribution in [0.25, 0.3) is 11.0 Å². The van der Waals surface area contributed by atoms with E-state index in [0.29, 0.717) is 21.4 Å². The molecule has 3 rings (SSSR count). The van der Waals surface area contributed by atoms with Gasteiger partial charge in [-0.1, -0.05) is 20.8 Å². The quantitative estimate of drug-likeness (QED) is 0.653. The number of hydrogen-bond acceptors (Lipinski definition) is 5. The van der Waals surface area contributed by atoms with Gasteiger partial charge in [-0.2, -0.15) is 5.26 Å². The summed E-state index contributed by atoms with van der Waals surface area (Å²) in [6.07, 6.45) is 1.56. The van der Waals surface area contributed by atoms with Crippen molar-refractivity contribution in [1.82, 2.24) is 4.98 Å².